The monoisotopic (exact) mass is 275 g/mol. The highest BCUT2D eigenvalue weighted by atomic mass is 15.2. The summed E-state index contributed by atoms with van der Waals surface area (Å²) in [5.74, 6) is 1.51. The largest absolute Gasteiger partial charge is 0.353 e. The number of rotatable bonds is 9. The highest BCUT2D eigenvalue weighted by molar-refractivity contribution is 5.43. The molecule has 0 aliphatic heterocycles. The van der Waals surface area contributed by atoms with E-state index in [2.05, 4.69) is 56.6 Å². The van der Waals surface area contributed by atoms with Crippen LogP contribution in [0.5, 0.6) is 0 Å². The van der Waals surface area contributed by atoms with Crippen molar-refractivity contribution in [3.63, 3.8) is 0 Å². The van der Waals surface area contributed by atoms with Gasteiger partial charge in [-0.05, 0) is 43.5 Å². The summed E-state index contributed by atoms with van der Waals surface area (Å²) in [5, 5.41) is 3.47. The first-order valence-corrected chi connectivity index (χ1v) is 7.69. The Balaban J connectivity index is 2.99. The molecule has 1 N–H and O–H groups in total. The Labute approximate surface area is 124 Å². The van der Waals surface area contributed by atoms with E-state index < -0.39 is 0 Å². The first kappa shape index (κ1) is 16.7. The molecule has 0 fully saturated rings. The summed E-state index contributed by atoms with van der Waals surface area (Å²) in [5.41, 5.74) is 2.48. The molecule has 0 atom stereocenters. The molecule has 0 aromatic carbocycles. The molecule has 0 radical (unpaired) electrons. The van der Waals surface area contributed by atoms with Crippen molar-refractivity contribution in [1.82, 2.24) is 10.3 Å². The maximum atomic E-state index is 4.80. The third kappa shape index (κ3) is 4.97. The highest BCUT2D eigenvalue weighted by Gasteiger charge is 2.10. The van der Waals surface area contributed by atoms with Crippen molar-refractivity contribution in [1.29, 1.82) is 0 Å². The van der Waals surface area contributed by atoms with E-state index in [0.717, 1.165) is 38.4 Å². The lowest BCUT2D eigenvalue weighted by Crippen LogP contribution is -2.24. The molecule has 112 valence electrons. The average molecular weight is 275 g/mol. The zero-order valence-corrected chi connectivity index (χ0v) is 13.4. The van der Waals surface area contributed by atoms with Crippen molar-refractivity contribution in [2.45, 2.75) is 46.6 Å². The molecule has 0 amide bonds. The first-order chi connectivity index (χ1) is 9.62. The van der Waals surface area contributed by atoms with Crippen molar-refractivity contribution >= 4 is 5.82 Å². The molecule has 0 saturated carbocycles. The fraction of sp³-hybridized carbons (Fsp3) is 0.588. The number of nitrogens with one attached hydrogen (secondary N) is 1. The van der Waals surface area contributed by atoms with Crippen LogP contribution < -0.4 is 10.2 Å². The van der Waals surface area contributed by atoms with E-state index in [1.165, 1.54) is 11.3 Å². The van der Waals surface area contributed by atoms with Gasteiger partial charge in [-0.15, -0.1) is 6.58 Å². The molecule has 3 heteroatoms. The summed E-state index contributed by atoms with van der Waals surface area (Å²) in [7, 11) is 0. The van der Waals surface area contributed by atoms with E-state index in [9.17, 15) is 0 Å². The summed E-state index contributed by atoms with van der Waals surface area (Å²) in [4.78, 5) is 7.05. The Hall–Kier alpha value is -1.35. The van der Waals surface area contributed by atoms with E-state index in [1.54, 1.807) is 0 Å². The van der Waals surface area contributed by atoms with Gasteiger partial charge in [-0.25, -0.2) is 4.98 Å². The van der Waals surface area contributed by atoms with Gasteiger partial charge in [0.25, 0.3) is 0 Å². The van der Waals surface area contributed by atoms with Crippen LogP contribution in [0.2, 0.25) is 0 Å². The second-order valence-electron chi connectivity index (χ2n) is 5.42. The molecule has 0 unspecified atom stereocenters. The minimum atomic E-state index is 0.447. The lowest BCUT2D eigenvalue weighted by molar-refractivity contribution is 0.672. The Morgan fingerprint density at radius 2 is 2.10 bits per heavy atom. The Kier molecular flexibility index (Phi) is 7.31. The van der Waals surface area contributed by atoms with Gasteiger partial charge in [0.2, 0.25) is 0 Å². The van der Waals surface area contributed by atoms with Gasteiger partial charge < -0.3 is 10.2 Å². The molecule has 0 saturated heterocycles. The van der Waals surface area contributed by atoms with Gasteiger partial charge in [0, 0.05) is 25.3 Å². The lowest BCUT2D eigenvalue weighted by Gasteiger charge is -2.22. The van der Waals surface area contributed by atoms with Crippen molar-refractivity contribution in [2.24, 2.45) is 0 Å². The van der Waals surface area contributed by atoms with Crippen LogP contribution in [0.4, 0.5) is 5.82 Å². The summed E-state index contributed by atoms with van der Waals surface area (Å²) < 4.78 is 0. The van der Waals surface area contributed by atoms with Crippen molar-refractivity contribution in [2.75, 3.05) is 24.5 Å². The molecule has 1 aromatic heterocycles. The predicted octanol–water partition coefficient (Wildman–Crippen LogP) is 3.72. The maximum absolute atomic E-state index is 4.80. The van der Waals surface area contributed by atoms with E-state index in [1.807, 2.05) is 6.08 Å². The van der Waals surface area contributed by atoms with Crippen molar-refractivity contribution < 1.29 is 0 Å². The molecule has 0 aliphatic rings. The molecule has 1 heterocycles. The molecule has 3 nitrogen and oxygen atoms in total. The minimum absolute atomic E-state index is 0.447. The van der Waals surface area contributed by atoms with Gasteiger partial charge in [0.15, 0.2) is 0 Å². The molecular formula is C17H29N3. The summed E-state index contributed by atoms with van der Waals surface area (Å²) in [6, 6.07) is 4.42. The van der Waals surface area contributed by atoms with Crippen LogP contribution >= 0.6 is 0 Å². The van der Waals surface area contributed by atoms with Crippen LogP contribution in [0.15, 0.2) is 24.8 Å². The van der Waals surface area contributed by atoms with E-state index in [-0.39, 0.29) is 0 Å². The number of hydrogen-bond donors (Lipinski definition) is 1. The quantitative estimate of drug-likeness (QED) is 0.550. The van der Waals surface area contributed by atoms with E-state index >= 15 is 0 Å². The third-order valence-electron chi connectivity index (χ3n) is 3.29. The Morgan fingerprint density at radius 3 is 2.65 bits per heavy atom. The molecule has 0 bridgehead atoms. The molecular weight excluding hydrogens is 246 g/mol. The normalized spacial score (nSPS) is 10.8. The number of nitrogens with zero attached hydrogens (tertiary/aromatic N) is 2. The van der Waals surface area contributed by atoms with Gasteiger partial charge >= 0.3 is 0 Å². The third-order valence-corrected chi connectivity index (χ3v) is 3.29. The SMILES string of the molecule is C=CCN(CC)c1cc(CNCCC)cc(C(C)C)n1. The second kappa shape index (κ2) is 8.75. The van der Waals surface area contributed by atoms with Gasteiger partial charge in [0.1, 0.15) is 5.82 Å². The molecule has 0 aliphatic carbocycles. The van der Waals surface area contributed by atoms with Gasteiger partial charge in [-0.1, -0.05) is 26.8 Å². The molecule has 1 rings (SSSR count). The summed E-state index contributed by atoms with van der Waals surface area (Å²) in [6.07, 6.45) is 3.09. The van der Waals surface area contributed by atoms with Crippen LogP contribution in [0.1, 0.15) is 51.3 Å². The summed E-state index contributed by atoms with van der Waals surface area (Å²) >= 11 is 0. The second-order valence-corrected chi connectivity index (χ2v) is 5.42. The number of aromatic nitrogens is 1. The number of likely N-dealkylation sites (N-methyl/N-ethyl adjacent to an activating group) is 1. The van der Waals surface area contributed by atoms with Crippen LogP contribution in [-0.4, -0.2) is 24.6 Å². The van der Waals surface area contributed by atoms with E-state index in [0.29, 0.717) is 5.92 Å². The topological polar surface area (TPSA) is 28.2 Å². The number of pyridine rings is 1. The van der Waals surface area contributed by atoms with Crippen molar-refractivity contribution in [3.8, 4) is 0 Å². The minimum Gasteiger partial charge on any atom is -0.353 e. The first-order valence-electron chi connectivity index (χ1n) is 7.69. The molecule has 0 spiro atoms. The fourth-order valence-corrected chi connectivity index (χ4v) is 2.10. The zero-order chi connectivity index (χ0) is 15.0. The average Bonchev–Trinajstić information content (AvgIpc) is 2.44. The summed E-state index contributed by atoms with van der Waals surface area (Å²) in [6.45, 7) is 16.3. The maximum Gasteiger partial charge on any atom is 0.129 e. The molecule has 20 heavy (non-hydrogen) atoms. The van der Waals surface area contributed by atoms with Crippen LogP contribution in [0, 0.1) is 0 Å². The predicted molar refractivity (Wildman–Crippen MR) is 88.4 cm³/mol. The van der Waals surface area contributed by atoms with E-state index in [4.69, 9.17) is 4.98 Å². The lowest BCUT2D eigenvalue weighted by atomic mass is 10.1. The zero-order valence-electron chi connectivity index (χ0n) is 13.4. The van der Waals surface area contributed by atoms with Gasteiger partial charge in [-0.3, -0.25) is 0 Å². The van der Waals surface area contributed by atoms with Gasteiger partial charge in [0.05, 0.1) is 0 Å². The van der Waals surface area contributed by atoms with Crippen LogP contribution in [-0.2, 0) is 6.54 Å². The smallest absolute Gasteiger partial charge is 0.129 e. The Morgan fingerprint density at radius 1 is 1.35 bits per heavy atom. The molecule has 1 aromatic rings. The fourth-order valence-electron chi connectivity index (χ4n) is 2.10. The standard InChI is InChI=1S/C17H29N3/c1-6-9-18-13-15-11-16(14(4)5)19-17(12-15)20(8-3)10-7-2/h7,11-12,14,18H,2,6,8-10,13H2,1,3-5H3. The van der Waals surface area contributed by atoms with Crippen molar-refractivity contribution in [3.05, 3.63) is 36.0 Å². The number of anilines is 1. The van der Waals surface area contributed by atoms with Crippen LogP contribution in [0.25, 0.3) is 0 Å². The number of hydrogen-bond acceptors (Lipinski definition) is 3. The highest BCUT2D eigenvalue weighted by Crippen LogP contribution is 2.20. The van der Waals surface area contributed by atoms with Gasteiger partial charge in [-0.2, -0.15) is 0 Å². The Bertz CT molecular complexity index is 413. The van der Waals surface area contributed by atoms with Crippen LogP contribution in [0.3, 0.4) is 0 Å².